The van der Waals surface area contributed by atoms with Gasteiger partial charge in [0.25, 0.3) is 0 Å². The Morgan fingerprint density at radius 2 is 1.73 bits per heavy atom. The predicted molar refractivity (Wildman–Crippen MR) is 45.1 cm³/mol. The fourth-order valence-corrected chi connectivity index (χ4v) is 1.01. The highest BCUT2D eigenvalue weighted by Crippen LogP contribution is 2.08. The Bertz CT molecular complexity index is 116. The molecule has 0 bridgehead atoms. The van der Waals surface area contributed by atoms with Gasteiger partial charge in [-0.1, -0.05) is 0 Å². The van der Waals surface area contributed by atoms with Gasteiger partial charge in [-0.05, 0) is 27.7 Å². The highest BCUT2D eigenvalue weighted by Gasteiger charge is 2.25. The number of rotatable bonds is 3. The molecule has 0 spiro atoms. The van der Waals surface area contributed by atoms with Gasteiger partial charge >= 0.3 is 0 Å². The monoisotopic (exact) mass is 161 g/mol. The van der Waals surface area contributed by atoms with Crippen LogP contribution in [0.4, 0.5) is 0 Å². The fourth-order valence-electron chi connectivity index (χ4n) is 1.01. The first-order valence-electron chi connectivity index (χ1n) is 3.92. The summed E-state index contributed by atoms with van der Waals surface area (Å²) in [5.41, 5.74) is -0.140. The second-order valence-corrected chi connectivity index (χ2v) is 3.79. The smallest absolute Gasteiger partial charge is 0.222 e. The molecule has 68 valence electrons. The van der Waals surface area contributed by atoms with E-state index in [9.17, 15) is 5.11 Å². The van der Waals surface area contributed by atoms with E-state index >= 15 is 0 Å². The number of aliphatic hydroxyl groups is 1. The number of hydrogen-bond donors (Lipinski definition) is 2. The fraction of sp³-hybridized carbons (Fsp3) is 1.00. The molecule has 3 heteroatoms. The van der Waals surface area contributed by atoms with E-state index in [4.69, 9.17) is 4.74 Å². The number of hydrogen-bond acceptors (Lipinski definition) is 3. The Hall–Kier alpha value is -0.120. The summed E-state index contributed by atoms with van der Waals surface area (Å²) in [5.74, 6) is -1.22. The van der Waals surface area contributed by atoms with Gasteiger partial charge in [-0.25, -0.2) is 0 Å². The largest absolute Gasteiger partial charge is 0.353 e. The molecule has 3 nitrogen and oxygen atoms in total. The topological polar surface area (TPSA) is 41.5 Å². The van der Waals surface area contributed by atoms with E-state index in [1.165, 1.54) is 0 Å². The van der Waals surface area contributed by atoms with Crippen LogP contribution in [-0.2, 0) is 4.74 Å². The summed E-state index contributed by atoms with van der Waals surface area (Å²) < 4.78 is 5.05. The molecule has 0 aromatic carbocycles. The van der Waals surface area contributed by atoms with E-state index in [2.05, 4.69) is 5.32 Å². The molecule has 0 aliphatic carbocycles. The van der Waals surface area contributed by atoms with Crippen molar-refractivity contribution in [3.8, 4) is 0 Å². The molecular weight excluding hydrogens is 142 g/mol. The van der Waals surface area contributed by atoms with Gasteiger partial charge in [0, 0.05) is 19.1 Å². The Morgan fingerprint density at radius 3 is 2.00 bits per heavy atom. The highest BCUT2D eigenvalue weighted by atomic mass is 16.6. The summed E-state index contributed by atoms with van der Waals surface area (Å²) in [7, 11) is 0. The zero-order chi connectivity index (χ0) is 9.12. The van der Waals surface area contributed by atoms with Crippen LogP contribution in [0, 0.1) is 0 Å². The average Bonchev–Trinajstić information content (AvgIpc) is 1.55. The summed E-state index contributed by atoms with van der Waals surface area (Å²) >= 11 is 0. The van der Waals surface area contributed by atoms with Crippen LogP contribution in [0.25, 0.3) is 0 Å². The first-order chi connectivity index (χ1) is 4.77. The Kier molecular flexibility index (Phi) is 3.48. The standard InChI is InChI=1S/C8H19NO2/c1-6-11-8(5,10)9-7(2,3)4/h9-10H,6H2,1-5H3. The second-order valence-electron chi connectivity index (χ2n) is 3.79. The van der Waals surface area contributed by atoms with Crippen LogP contribution in [0.3, 0.4) is 0 Å². The Labute approximate surface area is 68.8 Å². The lowest BCUT2D eigenvalue weighted by atomic mass is 10.1. The van der Waals surface area contributed by atoms with Crippen LogP contribution in [0.5, 0.6) is 0 Å². The second kappa shape index (κ2) is 3.52. The van der Waals surface area contributed by atoms with Gasteiger partial charge in [-0.15, -0.1) is 0 Å². The van der Waals surface area contributed by atoms with E-state index in [1.54, 1.807) is 6.92 Å². The summed E-state index contributed by atoms with van der Waals surface area (Å²) in [4.78, 5) is 0. The molecule has 0 fully saturated rings. The van der Waals surface area contributed by atoms with E-state index in [0.29, 0.717) is 6.61 Å². The third kappa shape index (κ3) is 6.28. The quantitative estimate of drug-likeness (QED) is 0.608. The van der Waals surface area contributed by atoms with Crippen molar-refractivity contribution in [1.29, 1.82) is 0 Å². The van der Waals surface area contributed by atoms with E-state index in [1.807, 2.05) is 27.7 Å². The summed E-state index contributed by atoms with van der Waals surface area (Å²) in [6.07, 6.45) is 0. The minimum atomic E-state index is -1.22. The summed E-state index contributed by atoms with van der Waals surface area (Å²) in [6.45, 7) is 9.86. The van der Waals surface area contributed by atoms with Crippen molar-refractivity contribution in [2.75, 3.05) is 6.61 Å². The van der Waals surface area contributed by atoms with Gasteiger partial charge in [-0.3, -0.25) is 5.32 Å². The zero-order valence-electron chi connectivity index (χ0n) is 8.06. The number of nitrogens with one attached hydrogen (secondary N) is 1. The molecule has 0 aromatic heterocycles. The molecule has 0 aliphatic rings. The van der Waals surface area contributed by atoms with Gasteiger partial charge in [-0.2, -0.15) is 0 Å². The van der Waals surface area contributed by atoms with Crippen LogP contribution in [0.2, 0.25) is 0 Å². The van der Waals surface area contributed by atoms with Crippen molar-refractivity contribution in [3.63, 3.8) is 0 Å². The van der Waals surface area contributed by atoms with E-state index < -0.39 is 5.91 Å². The first-order valence-corrected chi connectivity index (χ1v) is 3.92. The van der Waals surface area contributed by atoms with Crippen LogP contribution in [0.15, 0.2) is 0 Å². The van der Waals surface area contributed by atoms with Gasteiger partial charge < -0.3 is 9.84 Å². The normalized spacial score (nSPS) is 18.0. The first kappa shape index (κ1) is 10.9. The molecule has 0 aromatic rings. The predicted octanol–water partition coefficient (Wildman–Crippen LogP) is 1.08. The minimum Gasteiger partial charge on any atom is -0.353 e. The average molecular weight is 161 g/mol. The Morgan fingerprint density at radius 1 is 1.27 bits per heavy atom. The van der Waals surface area contributed by atoms with Crippen molar-refractivity contribution in [2.24, 2.45) is 0 Å². The van der Waals surface area contributed by atoms with Crippen molar-refractivity contribution >= 4 is 0 Å². The molecule has 1 unspecified atom stereocenters. The maximum absolute atomic E-state index is 9.52. The molecule has 0 rings (SSSR count). The third-order valence-electron chi connectivity index (χ3n) is 1.03. The van der Waals surface area contributed by atoms with Crippen LogP contribution in [0.1, 0.15) is 34.6 Å². The molecule has 2 N–H and O–H groups in total. The van der Waals surface area contributed by atoms with Gasteiger partial charge in [0.05, 0.1) is 0 Å². The molecule has 1 atom stereocenters. The summed E-state index contributed by atoms with van der Waals surface area (Å²) in [6, 6.07) is 0. The third-order valence-corrected chi connectivity index (χ3v) is 1.03. The lowest BCUT2D eigenvalue weighted by Gasteiger charge is -2.32. The van der Waals surface area contributed by atoms with E-state index in [0.717, 1.165) is 0 Å². The molecule has 0 radical (unpaired) electrons. The molecule has 0 saturated heterocycles. The van der Waals surface area contributed by atoms with Gasteiger partial charge in [0.1, 0.15) is 0 Å². The highest BCUT2D eigenvalue weighted by molar-refractivity contribution is 4.74. The van der Waals surface area contributed by atoms with Gasteiger partial charge in [0.15, 0.2) is 0 Å². The molecule has 0 heterocycles. The molecule has 0 aliphatic heterocycles. The van der Waals surface area contributed by atoms with Crippen LogP contribution >= 0.6 is 0 Å². The molecule has 0 amide bonds. The van der Waals surface area contributed by atoms with E-state index in [-0.39, 0.29) is 5.54 Å². The van der Waals surface area contributed by atoms with Crippen molar-refractivity contribution in [3.05, 3.63) is 0 Å². The maximum atomic E-state index is 9.52. The lowest BCUT2D eigenvalue weighted by molar-refractivity contribution is -0.218. The molecular formula is C8H19NO2. The SMILES string of the molecule is CCOC(C)(O)NC(C)(C)C. The van der Waals surface area contributed by atoms with Gasteiger partial charge in [0.2, 0.25) is 5.91 Å². The lowest BCUT2D eigenvalue weighted by Crippen LogP contribution is -2.53. The van der Waals surface area contributed by atoms with Crippen molar-refractivity contribution < 1.29 is 9.84 Å². The van der Waals surface area contributed by atoms with Crippen LogP contribution < -0.4 is 5.32 Å². The zero-order valence-corrected chi connectivity index (χ0v) is 8.06. The minimum absolute atomic E-state index is 0.140. The van der Waals surface area contributed by atoms with Crippen molar-refractivity contribution in [2.45, 2.75) is 46.1 Å². The van der Waals surface area contributed by atoms with Crippen molar-refractivity contribution in [1.82, 2.24) is 5.32 Å². The Balaban J connectivity index is 3.91. The summed E-state index contributed by atoms with van der Waals surface area (Å²) in [5, 5.41) is 12.4. The maximum Gasteiger partial charge on any atom is 0.222 e. The van der Waals surface area contributed by atoms with Crippen LogP contribution in [-0.4, -0.2) is 23.2 Å². The molecule has 11 heavy (non-hydrogen) atoms. The number of ether oxygens (including phenoxy) is 1. The molecule has 0 saturated carbocycles.